The molecule has 1 heterocycles. The summed E-state index contributed by atoms with van der Waals surface area (Å²) < 4.78 is 0. The smallest absolute Gasteiger partial charge is 0.254 e. The van der Waals surface area contributed by atoms with Gasteiger partial charge in [-0.3, -0.25) is 4.79 Å². The highest BCUT2D eigenvalue weighted by Crippen LogP contribution is 2.24. The summed E-state index contributed by atoms with van der Waals surface area (Å²) >= 11 is 0. The van der Waals surface area contributed by atoms with Crippen molar-refractivity contribution in [2.75, 3.05) is 13.1 Å². The molecule has 6 heteroatoms. The lowest BCUT2D eigenvalue weighted by molar-refractivity contribution is -0.147. The first-order valence-electron chi connectivity index (χ1n) is 6.10. The maximum atomic E-state index is 11.8. The molecular weight excluding hydrogens is 222 g/mol. The van der Waals surface area contributed by atoms with Gasteiger partial charge in [0.2, 0.25) is 0 Å². The number of hydrogen-bond acceptors (Lipinski definition) is 5. The van der Waals surface area contributed by atoms with Crippen molar-refractivity contribution in [3.05, 3.63) is 0 Å². The standard InChI is InChI=1S/C11H21N3O3/c1-6-2-7(12)3-8(9(6)15)14-10(16)11(17)4-13-5-11/h6-9,13,15,17H,2-5,12H2,1H3,(H,14,16). The molecule has 2 rings (SSSR count). The quantitative estimate of drug-likeness (QED) is 0.383. The van der Waals surface area contributed by atoms with E-state index in [9.17, 15) is 15.0 Å². The molecule has 2 aliphatic rings. The maximum Gasteiger partial charge on any atom is 0.254 e. The Labute approximate surface area is 101 Å². The first-order chi connectivity index (χ1) is 7.92. The minimum absolute atomic E-state index is 0.00661. The van der Waals surface area contributed by atoms with E-state index < -0.39 is 17.6 Å². The third-order valence-electron chi connectivity index (χ3n) is 3.80. The fourth-order valence-electron chi connectivity index (χ4n) is 2.54. The highest BCUT2D eigenvalue weighted by molar-refractivity contribution is 5.86. The van der Waals surface area contributed by atoms with Crippen LogP contribution in [0.25, 0.3) is 0 Å². The molecule has 1 aliphatic carbocycles. The van der Waals surface area contributed by atoms with Gasteiger partial charge in [0.25, 0.3) is 5.91 Å². The van der Waals surface area contributed by atoms with E-state index in [2.05, 4.69) is 10.6 Å². The van der Waals surface area contributed by atoms with Crippen molar-refractivity contribution in [2.45, 2.75) is 43.6 Å². The average Bonchev–Trinajstić information content (AvgIpc) is 2.21. The molecule has 6 N–H and O–H groups in total. The van der Waals surface area contributed by atoms with E-state index >= 15 is 0 Å². The molecule has 0 radical (unpaired) electrons. The van der Waals surface area contributed by atoms with Crippen LogP contribution < -0.4 is 16.4 Å². The summed E-state index contributed by atoms with van der Waals surface area (Å²) in [5.74, 6) is -0.347. The van der Waals surface area contributed by atoms with Gasteiger partial charge < -0.3 is 26.6 Å². The van der Waals surface area contributed by atoms with Crippen molar-refractivity contribution < 1.29 is 15.0 Å². The van der Waals surface area contributed by atoms with Gasteiger partial charge in [-0.2, -0.15) is 0 Å². The Hall–Kier alpha value is -0.690. The highest BCUT2D eigenvalue weighted by atomic mass is 16.3. The number of carbonyl (C=O) groups excluding carboxylic acids is 1. The topological polar surface area (TPSA) is 108 Å². The van der Waals surface area contributed by atoms with Gasteiger partial charge in [0, 0.05) is 19.1 Å². The van der Waals surface area contributed by atoms with E-state index in [1.165, 1.54) is 0 Å². The number of aliphatic hydroxyl groups is 2. The Bertz CT molecular complexity index is 306. The zero-order valence-electron chi connectivity index (χ0n) is 10.0. The Morgan fingerprint density at radius 1 is 1.47 bits per heavy atom. The molecule has 6 nitrogen and oxygen atoms in total. The maximum absolute atomic E-state index is 11.8. The van der Waals surface area contributed by atoms with Crippen LogP contribution in [0.1, 0.15) is 19.8 Å². The van der Waals surface area contributed by atoms with Gasteiger partial charge in [0.1, 0.15) is 0 Å². The minimum Gasteiger partial charge on any atom is -0.391 e. The van der Waals surface area contributed by atoms with Gasteiger partial charge >= 0.3 is 0 Å². The number of nitrogens with two attached hydrogens (primary N) is 1. The van der Waals surface area contributed by atoms with Crippen LogP contribution in [-0.4, -0.2) is 53.0 Å². The number of amides is 1. The molecule has 4 unspecified atom stereocenters. The van der Waals surface area contributed by atoms with Crippen LogP contribution in [-0.2, 0) is 4.79 Å². The molecule has 2 fully saturated rings. The van der Waals surface area contributed by atoms with Gasteiger partial charge in [-0.1, -0.05) is 6.92 Å². The van der Waals surface area contributed by atoms with Crippen LogP contribution in [0.15, 0.2) is 0 Å². The third-order valence-corrected chi connectivity index (χ3v) is 3.80. The zero-order valence-corrected chi connectivity index (χ0v) is 10.0. The number of carbonyl (C=O) groups is 1. The van der Waals surface area contributed by atoms with E-state index in [0.717, 1.165) is 6.42 Å². The van der Waals surface area contributed by atoms with Gasteiger partial charge in [-0.15, -0.1) is 0 Å². The van der Waals surface area contributed by atoms with Crippen LogP contribution in [0.5, 0.6) is 0 Å². The van der Waals surface area contributed by atoms with E-state index in [-0.39, 0.29) is 31.1 Å². The van der Waals surface area contributed by atoms with Gasteiger partial charge in [0.05, 0.1) is 12.1 Å². The minimum atomic E-state index is -1.31. The predicted molar refractivity (Wildman–Crippen MR) is 62.1 cm³/mol. The number of hydrogen-bond donors (Lipinski definition) is 5. The van der Waals surface area contributed by atoms with Crippen LogP contribution in [0.3, 0.4) is 0 Å². The molecule has 1 saturated heterocycles. The van der Waals surface area contributed by atoms with Crippen molar-refractivity contribution in [1.29, 1.82) is 0 Å². The normalized spacial score (nSPS) is 40.5. The Morgan fingerprint density at radius 3 is 2.65 bits per heavy atom. The summed E-state index contributed by atoms with van der Waals surface area (Å²) in [4.78, 5) is 11.8. The average molecular weight is 243 g/mol. The van der Waals surface area contributed by atoms with Gasteiger partial charge in [-0.25, -0.2) is 0 Å². The fourth-order valence-corrected chi connectivity index (χ4v) is 2.54. The van der Waals surface area contributed by atoms with E-state index in [1.54, 1.807) is 0 Å². The number of rotatable bonds is 2. The Kier molecular flexibility index (Phi) is 3.40. The molecule has 0 aromatic rings. The number of β-amino-alcohol motifs (C(OH)–C–C–N with tert-alkyl or cyclic N) is 1. The lowest BCUT2D eigenvalue weighted by Crippen LogP contribution is -2.69. The molecule has 1 amide bonds. The lowest BCUT2D eigenvalue weighted by atomic mass is 9.81. The van der Waals surface area contributed by atoms with Crippen LogP contribution in [0.4, 0.5) is 0 Å². The number of aliphatic hydroxyl groups excluding tert-OH is 1. The lowest BCUT2D eigenvalue weighted by Gasteiger charge is -2.41. The summed E-state index contributed by atoms with van der Waals surface area (Å²) in [5.41, 5.74) is 4.56. The van der Waals surface area contributed by atoms with Crippen molar-refractivity contribution >= 4 is 5.91 Å². The SMILES string of the molecule is CC1CC(N)CC(NC(=O)C2(O)CNC2)C1O. The molecule has 0 aromatic heterocycles. The molecule has 0 bridgehead atoms. The first kappa shape index (κ1) is 12.8. The molecule has 0 aromatic carbocycles. The molecule has 4 atom stereocenters. The van der Waals surface area contributed by atoms with Crippen LogP contribution in [0, 0.1) is 5.92 Å². The summed E-state index contributed by atoms with van der Waals surface area (Å²) in [5, 5.41) is 25.4. The predicted octanol–water partition coefficient (Wildman–Crippen LogP) is -2.08. The largest absolute Gasteiger partial charge is 0.391 e. The first-order valence-corrected chi connectivity index (χ1v) is 6.10. The highest BCUT2D eigenvalue weighted by Gasteiger charge is 2.44. The molecule has 98 valence electrons. The fraction of sp³-hybridized carbons (Fsp3) is 0.909. The Morgan fingerprint density at radius 2 is 2.12 bits per heavy atom. The van der Waals surface area contributed by atoms with E-state index in [1.807, 2.05) is 6.92 Å². The Balaban J connectivity index is 1.95. The summed E-state index contributed by atoms with van der Waals surface area (Å²) in [7, 11) is 0. The third kappa shape index (κ3) is 2.44. The number of nitrogens with one attached hydrogen (secondary N) is 2. The summed E-state index contributed by atoms with van der Waals surface area (Å²) in [6.07, 6.45) is 0.732. The molecule has 1 aliphatic heterocycles. The van der Waals surface area contributed by atoms with Crippen LogP contribution in [0.2, 0.25) is 0 Å². The second-order valence-corrected chi connectivity index (χ2v) is 5.41. The summed E-state index contributed by atoms with van der Waals surface area (Å²) in [6, 6.07) is -0.362. The zero-order chi connectivity index (χ0) is 12.6. The molecule has 0 spiro atoms. The monoisotopic (exact) mass is 243 g/mol. The molecule has 17 heavy (non-hydrogen) atoms. The second kappa shape index (κ2) is 4.53. The second-order valence-electron chi connectivity index (χ2n) is 5.41. The van der Waals surface area contributed by atoms with E-state index in [0.29, 0.717) is 6.42 Å². The van der Waals surface area contributed by atoms with Gasteiger partial charge in [-0.05, 0) is 18.8 Å². The van der Waals surface area contributed by atoms with Crippen molar-refractivity contribution in [3.63, 3.8) is 0 Å². The molecule has 1 saturated carbocycles. The summed E-state index contributed by atoms with van der Waals surface area (Å²) in [6.45, 7) is 2.45. The van der Waals surface area contributed by atoms with Crippen molar-refractivity contribution in [1.82, 2.24) is 10.6 Å². The van der Waals surface area contributed by atoms with Crippen molar-refractivity contribution in [2.24, 2.45) is 11.7 Å². The van der Waals surface area contributed by atoms with Crippen LogP contribution >= 0.6 is 0 Å². The molecular formula is C11H21N3O3. The van der Waals surface area contributed by atoms with E-state index in [4.69, 9.17) is 5.73 Å². The van der Waals surface area contributed by atoms with Crippen molar-refractivity contribution in [3.8, 4) is 0 Å². The van der Waals surface area contributed by atoms with Gasteiger partial charge in [0.15, 0.2) is 5.60 Å².